The van der Waals surface area contributed by atoms with Crippen LogP contribution in [0.2, 0.25) is 0 Å². The second-order valence-corrected chi connectivity index (χ2v) is 5.44. The van der Waals surface area contributed by atoms with Crippen LogP contribution in [0.15, 0.2) is 0 Å². The van der Waals surface area contributed by atoms with E-state index in [1.165, 1.54) is 0 Å². The van der Waals surface area contributed by atoms with E-state index in [9.17, 15) is 9.59 Å². The third-order valence-corrected chi connectivity index (χ3v) is 3.85. The second kappa shape index (κ2) is 8.79. The Bertz CT molecular complexity index is 389. The Morgan fingerprint density at radius 2 is 2.05 bits per heavy atom. The quantitative estimate of drug-likeness (QED) is 0.309. The standard InChI is InChI=1S/C17H26O3/c1-3-5-7-9-14-20-16(19)17(12-8-6-4-2)13-10-11-15(17)18/h3-5,7,9-14H2,1-2H3. The summed E-state index contributed by atoms with van der Waals surface area (Å²) < 4.78 is 5.35. The summed E-state index contributed by atoms with van der Waals surface area (Å²) in [6.45, 7) is 4.53. The molecular formula is C17H26O3. The molecule has 0 aromatic rings. The lowest BCUT2D eigenvalue weighted by Crippen LogP contribution is -2.36. The van der Waals surface area contributed by atoms with Gasteiger partial charge in [0.15, 0.2) is 5.78 Å². The van der Waals surface area contributed by atoms with Gasteiger partial charge < -0.3 is 4.74 Å². The molecule has 1 saturated carbocycles. The molecule has 0 amide bonds. The van der Waals surface area contributed by atoms with Gasteiger partial charge in [0.05, 0.1) is 6.61 Å². The lowest BCUT2D eigenvalue weighted by molar-refractivity contribution is -0.159. The van der Waals surface area contributed by atoms with Gasteiger partial charge in [0.2, 0.25) is 0 Å². The molecule has 0 aromatic heterocycles. The van der Waals surface area contributed by atoms with E-state index in [2.05, 4.69) is 18.8 Å². The van der Waals surface area contributed by atoms with Crippen LogP contribution in [-0.4, -0.2) is 18.4 Å². The number of esters is 1. The van der Waals surface area contributed by atoms with Crippen molar-refractivity contribution >= 4 is 11.8 Å². The second-order valence-electron chi connectivity index (χ2n) is 5.44. The van der Waals surface area contributed by atoms with E-state index in [4.69, 9.17) is 4.74 Å². The fourth-order valence-corrected chi connectivity index (χ4v) is 2.57. The molecule has 0 saturated heterocycles. The molecule has 0 aromatic carbocycles. The molecule has 0 radical (unpaired) electrons. The molecule has 20 heavy (non-hydrogen) atoms. The largest absolute Gasteiger partial charge is 0.465 e. The minimum absolute atomic E-state index is 0.0152. The maximum Gasteiger partial charge on any atom is 0.320 e. The van der Waals surface area contributed by atoms with Crippen LogP contribution in [0.5, 0.6) is 0 Å². The zero-order valence-electron chi connectivity index (χ0n) is 12.8. The van der Waals surface area contributed by atoms with Crippen LogP contribution in [0.1, 0.15) is 71.6 Å². The normalized spacial score (nSPS) is 21.4. The minimum Gasteiger partial charge on any atom is -0.465 e. The highest BCUT2D eigenvalue weighted by molar-refractivity contribution is 6.05. The summed E-state index contributed by atoms with van der Waals surface area (Å²) in [7, 11) is 0. The molecule has 3 heteroatoms. The molecule has 1 unspecified atom stereocenters. The minimum atomic E-state index is -0.965. The summed E-state index contributed by atoms with van der Waals surface area (Å²) in [5.74, 6) is 5.59. The smallest absolute Gasteiger partial charge is 0.320 e. The van der Waals surface area contributed by atoms with E-state index >= 15 is 0 Å². The Morgan fingerprint density at radius 3 is 2.65 bits per heavy atom. The molecule has 0 spiro atoms. The highest BCUT2D eigenvalue weighted by Crippen LogP contribution is 2.39. The van der Waals surface area contributed by atoms with Gasteiger partial charge in [-0.05, 0) is 19.3 Å². The van der Waals surface area contributed by atoms with Gasteiger partial charge >= 0.3 is 5.97 Å². The highest BCUT2D eigenvalue weighted by atomic mass is 16.5. The molecule has 1 fully saturated rings. The molecule has 0 bridgehead atoms. The molecule has 1 aliphatic rings. The van der Waals surface area contributed by atoms with E-state index in [1.807, 2.05) is 6.92 Å². The summed E-state index contributed by atoms with van der Waals surface area (Å²) in [4.78, 5) is 24.4. The van der Waals surface area contributed by atoms with E-state index in [0.29, 0.717) is 25.9 Å². The number of hydrogen-bond donors (Lipinski definition) is 0. The van der Waals surface area contributed by atoms with E-state index in [1.54, 1.807) is 0 Å². The maximum absolute atomic E-state index is 12.3. The van der Waals surface area contributed by atoms with Gasteiger partial charge in [-0.2, -0.15) is 0 Å². The van der Waals surface area contributed by atoms with Gasteiger partial charge in [0.25, 0.3) is 0 Å². The molecule has 0 aliphatic heterocycles. The number of ketones is 1. The molecule has 3 nitrogen and oxygen atoms in total. The molecule has 1 aliphatic carbocycles. The molecular weight excluding hydrogens is 252 g/mol. The maximum atomic E-state index is 12.3. The van der Waals surface area contributed by atoms with Gasteiger partial charge in [0.1, 0.15) is 5.41 Å². The topological polar surface area (TPSA) is 43.4 Å². The van der Waals surface area contributed by atoms with Crippen molar-refractivity contribution in [1.82, 2.24) is 0 Å². The number of hydrogen-bond acceptors (Lipinski definition) is 3. The fourth-order valence-electron chi connectivity index (χ4n) is 2.57. The molecule has 112 valence electrons. The summed E-state index contributed by atoms with van der Waals surface area (Å²) in [5.41, 5.74) is -0.965. The average Bonchev–Trinajstić information content (AvgIpc) is 2.81. The first-order chi connectivity index (χ1) is 9.67. The van der Waals surface area contributed by atoms with Crippen molar-refractivity contribution in [2.75, 3.05) is 6.61 Å². The Labute approximate surface area is 122 Å². The fraction of sp³-hybridized carbons (Fsp3) is 0.765. The molecule has 1 atom stereocenters. The molecule has 0 heterocycles. The first-order valence-electron chi connectivity index (χ1n) is 7.83. The first-order valence-corrected chi connectivity index (χ1v) is 7.83. The number of rotatable bonds is 7. The van der Waals surface area contributed by atoms with Crippen LogP contribution in [-0.2, 0) is 14.3 Å². The van der Waals surface area contributed by atoms with Crippen LogP contribution in [0.25, 0.3) is 0 Å². The highest BCUT2D eigenvalue weighted by Gasteiger charge is 2.49. The Balaban J connectivity index is 2.55. The average molecular weight is 278 g/mol. The van der Waals surface area contributed by atoms with Crippen molar-refractivity contribution in [3.05, 3.63) is 0 Å². The number of Topliss-reactive ketones (excluding diaryl/α,β-unsaturated/α-hetero) is 1. The molecule has 1 rings (SSSR count). The van der Waals surface area contributed by atoms with E-state index in [-0.39, 0.29) is 11.8 Å². The third kappa shape index (κ3) is 4.37. The van der Waals surface area contributed by atoms with Crippen molar-refractivity contribution in [3.63, 3.8) is 0 Å². The van der Waals surface area contributed by atoms with Crippen LogP contribution in [0, 0.1) is 17.3 Å². The third-order valence-electron chi connectivity index (χ3n) is 3.85. The predicted molar refractivity (Wildman–Crippen MR) is 79.1 cm³/mol. The van der Waals surface area contributed by atoms with Crippen molar-refractivity contribution in [3.8, 4) is 11.8 Å². The summed E-state index contributed by atoms with van der Waals surface area (Å²) in [5, 5.41) is 0. The lowest BCUT2D eigenvalue weighted by atomic mass is 9.82. The van der Waals surface area contributed by atoms with Gasteiger partial charge in [-0.3, -0.25) is 9.59 Å². The summed E-state index contributed by atoms with van der Waals surface area (Å²) >= 11 is 0. The first kappa shape index (κ1) is 16.8. The van der Waals surface area contributed by atoms with Crippen LogP contribution in [0.4, 0.5) is 0 Å². The summed E-state index contributed by atoms with van der Waals surface area (Å²) in [6, 6.07) is 0. The van der Waals surface area contributed by atoms with E-state index < -0.39 is 5.41 Å². The Hall–Kier alpha value is -1.30. The number of ether oxygens (including phenoxy) is 1. The van der Waals surface area contributed by atoms with Crippen molar-refractivity contribution in [2.45, 2.75) is 71.6 Å². The van der Waals surface area contributed by atoms with Gasteiger partial charge in [0, 0.05) is 19.3 Å². The Kier molecular flexibility index (Phi) is 7.36. The van der Waals surface area contributed by atoms with Crippen LogP contribution >= 0.6 is 0 Å². The monoisotopic (exact) mass is 278 g/mol. The zero-order valence-corrected chi connectivity index (χ0v) is 12.8. The van der Waals surface area contributed by atoms with Gasteiger partial charge in [-0.1, -0.05) is 33.1 Å². The van der Waals surface area contributed by atoms with Crippen molar-refractivity contribution in [2.24, 2.45) is 5.41 Å². The Morgan fingerprint density at radius 1 is 1.25 bits per heavy atom. The van der Waals surface area contributed by atoms with Crippen molar-refractivity contribution < 1.29 is 14.3 Å². The van der Waals surface area contributed by atoms with Crippen molar-refractivity contribution in [1.29, 1.82) is 0 Å². The SMILES string of the molecule is CCC#CCC1(C(=O)OCCCCCC)CCCC1=O. The number of carbonyl (C=O) groups is 2. The predicted octanol–water partition coefficient (Wildman–Crippen LogP) is 3.65. The summed E-state index contributed by atoms with van der Waals surface area (Å²) in [6.07, 6.45) is 7.19. The lowest BCUT2D eigenvalue weighted by Gasteiger charge is -2.22. The number of unbranched alkanes of at least 4 members (excludes halogenated alkanes) is 3. The number of carbonyl (C=O) groups excluding carboxylic acids is 2. The zero-order chi connectivity index (χ0) is 14.8. The molecule has 0 N–H and O–H groups in total. The van der Waals surface area contributed by atoms with Crippen LogP contribution < -0.4 is 0 Å². The van der Waals surface area contributed by atoms with E-state index in [0.717, 1.165) is 38.5 Å². The van der Waals surface area contributed by atoms with Gasteiger partial charge in [-0.25, -0.2) is 0 Å². The van der Waals surface area contributed by atoms with Crippen LogP contribution in [0.3, 0.4) is 0 Å². The van der Waals surface area contributed by atoms with Gasteiger partial charge in [-0.15, -0.1) is 11.8 Å².